The Morgan fingerprint density at radius 3 is 2.17 bits per heavy atom. The number of carbonyl (C=O) groups excluding carboxylic acids is 1. The third-order valence-electron chi connectivity index (χ3n) is 1.42. The largest absolute Gasteiger partial charge is 0.391 e. The fourth-order valence-corrected chi connectivity index (χ4v) is 1.03. The molecule has 0 spiro atoms. The predicted octanol–water partition coefficient (Wildman–Crippen LogP) is 2.11. The lowest BCUT2D eigenvalue weighted by Crippen LogP contribution is -2.15. The molecule has 0 bridgehead atoms. The molecule has 0 amide bonds. The van der Waals surface area contributed by atoms with Crippen LogP contribution in [0, 0.1) is 5.41 Å². The van der Waals surface area contributed by atoms with Crippen molar-refractivity contribution in [3.05, 3.63) is 11.8 Å². The molecule has 1 N–H and O–H groups in total. The van der Waals surface area contributed by atoms with Crippen molar-refractivity contribution in [3.8, 4) is 0 Å². The summed E-state index contributed by atoms with van der Waals surface area (Å²) in [4.78, 5) is 10.8. The molecule has 0 atom stereocenters. The molecule has 0 saturated carbocycles. The molecule has 0 aliphatic heterocycles. The van der Waals surface area contributed by atoms with Crippen LogP contribution < -0.4 is 5.32 Å². The highest BCUT2D eigenvalue weighted by molar-refractivity contribution is 5.87. The van der Waals surface area contributed by atoms with E-state index in [2.05, 4.69) is 26.1 Å². The van der Waals surface area contributed by atoms with Crippen LogP contribution in [0.15, 0.2) is 11.8 Å². The minimum Gasteiger partial charge on any atom is -0.391 e. The topological polar surface area (TPSA) is 29.1 Å². The van der Waals surface area contributed by atoms with Crippen LogP contribution in [0.5, 0.6) is 0 Å². The number of carbonyl (C=O) groups is 1. The summed E-state index contributed by atoms with van der Waals surface area (Å²) in [7, 11) is 1.85. The van der Waals surface area contributed by atoms with Crippen molar-refractivity contribution < 1.29 is 4.79 Å². The molecular weight excluding hydrogens is 150 g/mol. The fourth-order valence-electron chi connectivity index (χ4n) is 1.03. The van der Waals surface area contributed by atoms with Crippen molar-refractivity contribution in [2.75, 3.05) is 7.05 Å². The van der Waals surface area contributed by atoms with E-state index in [-0.39, 0.29) is 11.2 Å². The lowest BCUT2D eigenvalue weighted by Gasteiger charge is -2.19. The molecule has 0 aromatic heterocycles. The Kier molecular flexibility index (Phi) is 4.01. The second-order valence-corrected chi connectivity index (χ2v) is 4.27. The molecule has 0 rings (SSSR count). The Balaban J connectivity index is 4.28. The molecular formula is C10H19NO. The lowest BCUT2D eigenvalue weighted by atomic mass is 9.90. The Morgan fingerprint density at radius 2 is 1.92 bits per heavy atom. The Labute approximate surface area is 75.0 Å². The molecule has 0 radical (unpaired) electrons. The molecule has 0 aliphatic carbocycles. The maximum Gasteiger partial charge on any atom is 0.154 e. The van der Waals surface area contributed by atoms with E-state index in [1.54, 1.807) is 13.0 Å². The van der Waals surface area contributed by atoms with Gasteiger partial charge in [0.2, 0.25) is 0 Å². The number of ketones is 1. The zero-order chi connectivity index (χ0) is 9.78. The second-order valence-electron chi connectivity index (χ2n) is 4.27. The van der Waals surface area contributed by atoms with Gasteiger partial charge in [-0.1, -0.05) is 20.8 Å². The molecule has 0 saturated heterocycles. The van der Waals surface area contributed by atoms with E-state index in [0.29, 0.717) is 0 Å². The van der Waals surface area contributed by atoms with E-state index < -0.39 is 0 Å². The van der Waals surface area contributed by atoms with Crippen LogP contribution >= 0.6 is 0 Å². The van der Waals surface area contributed by atoms with Crippen molar-refractivity contribution in [2.24, 2.45) is 5.41 Å². The average Bonchev–Trinajstić information content (AvgIpc) is 1.82. The van der Waals surface area contributed by atoms with Gasteiger partial charge in [-0.25, -0.2) is 0 Å². The van der Waals surface area contributed by atoms with Crippen molar-refractivity contribution in [3.63, 3.8) is 0 Å². The lowest BCUT2D eigenvalue weighted by molar-refractivity contribution is -0.112. The highest BCUT2D eigenvalue weighted by atomic mass is 16.1. The van der Waals surface area contributed by atoms with E-state index in [9.17, 15) is 4.79 Å². The maximum atomic E-state index is 10.8. The second kappa shape index (κ2) is 4.29. The summed E-state index contributed by atoms with van der Waals surface area (Å²) in [6, 6.07) is 0. The zero-order valence-electron chi connectivity index (χ0n) is 8.69. The Morgan fingerprint density at radius 1 is 1.42 bits per heavy atom. The molecule has 2 nitrogen and oxygen atoms in total. The molecule has 0 aromatic carbocycles. The SMILES string of the molecule is CN/C(=C/C(C)=O)CC(C)(C)C. The van der Waals surface area contributed by atoms with Gasteiger partial charge in [-0.05, 0) is 24.8 Å². The average molecular weight is 169 g/mol. The summed E-state index contributed by atoms with van der Waals surface area (Å²) < 4.78 is 0. The van der Waals surface area contributed by atoms with E-state index >= 15 is 0 Å². The highest BCUT2D eigenvalue weighted by Crippen LogP contribution is 2.22. The highest BCUT2D eigenvalue weighted by Gasteiger charge is 2.12. The first-order chi connectivity index (χ1) is 5.35. The van der Waals surface area contributed by atoms with E-state index in [4.69, 9.17) is 0 Å². The van der Waals surface area contributed by atoms with Crippen LogP contribution in [-0.4, -0.2) is 12.8 Å². The van der Waals surface area contributed by atoms with Gasteiger partial charge in [0.15, 0.2) is 5.78 Å². The third kappa shape index (κ3) is 5.96. The first-order valence-electron chi connectivity index (χ1n) is 4.24. The Bertz CT molecular complexity index is 187. The van der Waals surface area contributed by atoms with Gasteiger partial charge in [0.05, 0.1) is 0 Å². The molecule has 70 valence electrons. The van der Waals surface area contributed by atoms with Gasteiger partial charge in [-0.2, -0.15) is 0 Å². The summed E-state index contributed by atoms with van der Waals surface area (Å²) >= 11 is 0. The molecule has 0 aliphatic rings. The molecule has 2 heteroatoms. The van der Waals surface area contributed by atoms with Gasteiger partial charge in [-0.15, -0.1) is 0 Å². The van der Waals surface area contributed by atoms with Crippen molar-refractivity contribution in [1.82, 2.24) is 5.32 Å². The van der Waals surface area contributed by atoms with Crippen molar-refractivity contribution >= 4 is 5.78 Å². The van der Waals surface area contributed by atoms with Crippen LogP contribution in [0.1, 0.15) is 34.1 Å². The van der Waals surface area contributed by atoms with Gasteiger partial charge < -0.3 is 5.32 Å². The quantitative estimate of drug-likeness (QED) is 0.656. The zero-order valence-corrected chi connectivity index (χ0v) is 8.69. The van der Waals surface area contributed by atoms with Gasteiger partial charge in [-0.3, -0.25) is 4.79 Å². The van der Waals surface area contributed by atoms with Crippen LogP contribution in [0.3, 0.4) is 0 Å². The van der Waals surface area contributed by atoms with E-state index in [0.717, 1.165) is 12.1 Å². The number of allylic oxidation sites excluding steroid dienone is 2. The number of rotatable bonds is 3. The van der Waals surface area contributed by atoms with Gasteiger partial charge >= 0.3 is 0 Å². The van der Waals surface area contributed by atoms with Crippen LogP contribution in [0.25, 0.3) is 0 Å². The van der Waals surface area contributed by atoms with Crippen molar-refractivity contribution in [2.45, 2.75) is 34.1 Å². The summed E-state index contributed by atoms with van der Waals surface area (Å²) in [6.07, 6.45) is 2.56. The minimum absolute atomic E-state index is 0.101. The monoisotopic (exact) mass is 169 g/mol. The first kappa shape index (κ1) is 11.2. The Hall–Kier alpha value is -0.790. The standard InChI is InChI=1S/C10H19NO/c1-8(12)6-9(11-5)7-10(2,3)4/h6,11H,7H2,1-5H3/b9-6+. The summed E-state index contributed by atoms with van der Waals surface area (Å²) in [5.41, 5.74) is 1.24. The summed E-state index contributed by atoms with van der Waals surface area (Å²) in [5.74, 6) is 0.101. The van der Waals surface area contributed by atoms with E-state index in [1.807, 2.05) is 7.05 Å². The van der Waals surface area contributed by atoms with E-state index in [1.165, 1.54) is 0 Å². The normalized spacial score (nSPS) is 12.9. The molecule has 0 heterocycles. The first-order valence-corrected chi connectivity index (χ1v) is 4.24. The predicted molar refractivity (Wildman–Crippen MR) is 51.9 cm³/mol. The molecule has 0 aromatic rings. The third-order valence-corrected chi connectivity index (χ3v) is 1.42. The molecule has 0 unspecified atom stereocenters. The number of nitrogens with one attached hydrogen (secondary N) is 1. The van der Waals surface area contributed by atoms with Crippen molar-refractivity contribution in [1.29, 1.82) is 0 Å². The van der Waals surface area contributed by atoms with Gasteiger partial charge in [0.1, 0.15) is 0 Å². The maximum absolute atomic E-state index is 10.8. The van der Waals surface area contributed by atoms with Gasteiger partial charge in [0, 0.05) is 12.7 Å². The molecule has 12 heavy (non-hydrogen) atoms. The van der Waals surface area contributed by atoms with Crippen LogP contribution in [0.4, 0.5) is 0 Å². The summed E-state index contributed by atoms with van der Waals surface area (Å²) in [5, 5.41) is 3.03. The number of hydrogen-bond acceptors (Lipinski definition) is 2. The van der Waals surface area contributed by atoms with Crippen LogP contribution in [0.2, 0.25) is 0 Å². The summed E-state index contributed by atoms with van der Waals surface area (Å²) in [6.45, 7) is 8.02. The minimum atomic E-state index is 0.101. The van der Waals surface area contributed by atoms with Crippen LogP contribution in [-0.2, 0) is 4.79 Å². The van der Waals surface area contributed by atoms with Gasteiger partial charge in [0.25, 0.3) is 0 Å². The fraction of sp³-hybridized carbons (Fsp3) is 0.700. The molecule has 0 fully saturated rings. The number of hydrogen-bond donors (Lipinski definition) is 1. The smallest absolute Gasteiger partial charge is 0.154 e.